The van der Waals surface area contributed by atoms with Crippen molar-refractivity contribution in [1.29, 1.82) is 0 Å². The minimum atomic E-state index is 0.224. The van der Waals surface area contributed by atoms with Gasteiger partial charge in [-0.1, -0.05) is 84.6 Å². The van der Waals surface area contributed by atoms with E-state index in [1.165, 1.54) is 11.1 Å². The van der Waals surface area contributed by atoms with Crippen molar-refractivity contribution in [2.75, 3.05) is 0 Å². The van der Waals surface area contributed by atoms with Crippen molar-refractivity contribution >= 4 is 40.1 Å². The van der Waals surface area contributed by atoms with E-state index in [1.807, 2.05) is 36.4 Å². The molecule has 17 heavy (non-hydrogen) atoms. The lowest BCUT2D eigenvalue weighted by atomic mass is 10.0. The Bertz CT molecular complexity index is 440. The fourth-order valence-corrected chi connectivity index (χ4v) is 3.08. The standard InChI is InChI=1S/C14H12S3/c15-14(16)17-13(11-7-3-1-4-8-11)12-9-5-2-6-10-12/h1-10,13H,(H,15,16). The molecule has 0 spiro atoms. The topological polar surface area (TPSA) is 0 Å². The number of thiocarbonyl (C=S) groups is 1. The Morgan fingerprint density at radius 3 is 1.65 bits per heavy atom. The van der Waals surface area contributed by atoms with Crippen LogP contribution in [0.2, 0.25) is 0 Å². The summed E-state index contributed by atoms with van der Waals surface area (Å²) in [7, 11) is 0. The summed E-state index contributed by atoms with van der Waals surface area (Å²) < 4.78 is 0.669. The van der Waals surface area contributed by atoms with Gasteiger partial charge in [-0.3, -0.25) is 0 Å². The Kier molecular flexibility index (Phi) is 4.66. The van der Waals surface area contributed by atoms with E-state index in [2.05, 4.69) is 36.9 Å². The summed E-state index contributed by atoms with van der Waals surface area (Å²) in [6, 6.07) is 20.7. The highest BCUT2D eigenvalue weighted by Crippen LogP contribution is 2.36. The Balaban J connectivity index is 2.36. The molecule has 0 bridgehead atoms. The van der Waals surface area contributed by atoms with Crippen molar-refractivity contribution < 1.29 is 0 Å². The third-order valence-corrected chi connectivity index (χ3v) is 4.01. The van der Waals surface area contributed by atoms with Gasteiger partial charge in [-0.05, 0) is 11.1 Å². The SMILES string of the molecule is S=C(S)SC(c1ccccc1)c1ccccc1. The lowest BCUT2D eigenvalue weighted by molar-refractivity contribution is 1.16. The maximum absolute atomic E-state index is 5.10. The Morgan fingerprint density at radius 1 is 0.882 bits per heavy atom. The molecule has 0 saturated heterocycles. The largest absolute Gasteiger partial charge is 0.125 e. The first-order valence-electron chi connectivity index (χ1n) is 5.27. The van der Waals surface area contributed by atoms with E-state index in [1.54, 1.807) is 11.8 Å². The predicted octanol–water partition coefficient (Wildman–Crippen LogP) is 4.72. The van der Waals surface area contributed by atoms with E-state index in [-0.39, 0.29) is 5.25 Å². The molecule has 0 fully saturated rings. The molecule has 2 rings (SSSR count). The van der Waals surface area contributed by atoms with E-state index in [0.29, 0.717) is 3.53 Å². The number of rotatable bonds is 3. The maximum Gasteiger partial charge on any atom is 0.102 e. The van der Waals surface area contributed by atoms with Gasteiger partial charge in [0.15, 0.2) is 0 Å². The van der Waals surface area contributed by atoms with Crippen LogP contribution in [0.3, 0.4) is 0 Å². The zero-order valence-electron chi connectivity index (χ0n) is 9.11. The summed E-state index contributed by atoms with van der Waals surface area (Å²) in [5.74, 6) is 0. The van der Waals surface area contributed by atoms with Crippen LogP contribution in [0.4, 0.5) is 0 Å². The van der Waals surface area contributed by atoms with Gasteiger partial charge in [-0.15, -0.1) is 12.6 Å². The second kappa shape index (κ2) is 6.24. The Morgan fingerprint density at radius 2 is 1.29 bits per heavy atom. The van der Waals surface area contributed by atoms with Crippen molar-refractivity contribution in [3.63, 3.8) is 0 Å². The first kappa shape index (κ1) is 12.7. The average Bonchev–Trinajstić information content (AvgIpc) is 2.38. The Labute approximate surface area is 117 Å². The highest BCUT2D eigenvalue weighted by molar-refractivity contribution is 8.41. The smallest absolute Gasteiger partial charge is 0.102 e. The van der Waals surface area contributed by atoms with E-state index < -0.39 is 0 Å². The normalized spacial score (nSPS) is 10.5. The van der Waals surface area contributed by atoms with Gasteiger partial charge in [0.1, 0.15) is 3.53 Å². The molecule has 0 N–H and O–H groups in total. The number of thiol groups is 1. The number of hydrogen-bond acceptors (Lipinski definition) is 2. The Hall–Kier alpha value is -0.770. The van der Waals surface area contributed by atoms with Gasteiger partial charge in [-0.2, -0.15) is 0 Å². The van der Waals surface area contributed by atoms with Crippen LogP contribution in [0.15, 0.2) is 60.7 Å². The predicted molar refractivity (Wildman–Crippen MR) is 83.9 cm³/mol. The van der Waals surface area contributed by atoms with Crippen molar-refractivity contribution in [1.82, 2.24) is 0 Å². The van der Waals surface area contributed by atoms with Gasteiger partial charge in [0.05, 0.1) is 5.25 Å². The van der Waals surface area contributed by atoms with Gasteiger partial charge in [0.25, 0.3) is 0 Å². The second-order valence-electron chi connectivity index (χ2n) is 3.59. The highest BCUT2D eigenvalue weighted by atomic mass is 32.2. The average molecular weight is 276 g/mol. The van der Waals surface area contributed by atoms with Gasteiger partial charge >= 0.3 is 0 Å². The molecular formula is C14H12S3. The van der Waals surface area contributed by atoms with Crippen molar-refractivity contribution in [2.24, 2.45) is 0 Å². The second-order valence-corrected chi connectivity index (χ2v) is 6.42. The number of thioether (sulfide) groups is 1. The van der Waals surface area contributed by atoms with Crippen molar-refractivity contribution in [2.45, 2.75) is 5.25 Å². The summed E-state index contributed by atoms with van der Waals surface area (Å²) in [6.45, 7) is 0. The molecular weight excluding hydrogens is 264 g/mol. The molecule has 0 aliphatic rings. The fraction of sp³-hybridized carbons (Fsp3) is 0.0714. The molecule has 3 heteroatoms. The summed E-state index contributed by atoms with van der Waals surface area (Å²) in [5, 5.41) is 0.224. The monoisotopic (exact) mass is 276 g/mol. The zero-order chi connectivity index (χ0) is 12.1. The van der Waals surface area contributed by atoms with Crippen LogP contribution in [0, 0.1) is 0 Å². The molecule has 0 radical (unpaired) electrons. The van der Waals surface area contributed by atoms with Crippen LogP contribution in [-0.4, -0.2) is 3.53 Å². The van der Waals surface area contributed by atoms with E-state index in [9.17, 15) is 0 Å². The van der Waals surface area contributed by atoms with E-state index >= 15 is 0 Å². The van der Waals surface area contributed by atoms with Crippen molar-refractivity contribution in [3.8, 4) is 0 Å². The summed E-state index contributed by atoms with van der Waals surface area (Å²) >= 11 is 10.9. The van der Waals surface area contributed by atoms with Gasteiger partial charge in [0, 0.05) is 0 Å². The van der Waals surface area contributed by atoms with Crippen LogP contribution in [-0.2, 0) is 0 Å². The molecule has 0 amide bonds. The van der Waals surface area contributed by atoms with Gasteiger partial charge in [-0.25, -0.2) is 0 Å². The van der Waals surface area contributed by atoms with Gasteiger partial charge < -0.3 is 0 Å². The minimum Gasteiger partial charge on any atom is -0.125 e. The minimum absolute atomic E-state index is 0.224. The molecule has 0 atom stereocenters. The van der Waals surface area contributed by atoms with Crippen LogP contribution in [0.5, 0.6) is 0 Å². The molecule has 0 unspecified atom stereocenters. The highest BCUT2D eigenvalue weighted by Gasteiger charge is 2.15. The molecule has 0 heterocycles. The summed E-state index contributed by atoms with van der Waals surface area (Å²) in [5.41, 5.74) is 2.50. The third kappa shape index (κ3) is 3.60. The summed E-state index contributed by atoms with van der Waals surface area (Å²) in [6.07, 6.45) is 0. The van der Waals surface area contributed by atoms with Gasteiger partial charge in [0.2, 0.25) is 0 Å². The molecule has 0 aliphatic heterocycles. The van der Waals surface area contributed by atoms with Crippen LogP contribution in [0.1, 0.15) is 16.4 Å². The van der Waals surface area contributed by atoms with E-state index in [4.69, 9.17) is 12.2 Å². The zero-order valence-corrected chi connectivity index (χ0v) is 11.6. The molecule has 86 valence electrons. The quantitative estimate of drug-likeness (QED) is 0.636. The molecule has 0 aromatic heterocycles. The molecule has 2 aromatic carbocycles. The molecule has 2 aromatic rings. The third-order valence-electron chi connectivity index (χ3n) is 2.42. The van der Waals surface area contributed by atoms with E-state index in [0.717, 1.165) is 0 Å². The maximum atomic E-state index is 5.10. The first-order valence-corrected chi connectivity index (χ1v) is 7.00. The number of benzene rings is 2. The summed E-state index contributed by atoms with van der Waals surface area (Å²) in [4.78, 5) is 0. The lowest BCUT2D eigenvalue weighted by Gasteiger charge is -2.16. The fourth-order valence-electron chi connectivity index (χ4n) is 1.69. The van der Waals surface area contributed by atoms with Crippen LogP contribution < -0.4 is 0 Å². The molecule has 0 nitrogen and oxygen atoms in total. The molecule has 0 saturated carbocycles. The number of hydrogen-bond donors (Lipinski definition) is 1. The van der Waals surface area contributed by atoms with Crippen LogP contribution >= 0.6 is 36.6 Å². The van der Waals surface area contributed by atoms with Crippen molar-refractivity contribution in [3.05, 3.63) is 71.8 Å². The lowest BCUT2D eigenvalue weighted by Crippen LogP contribution is -1.97. The van der Waals surface area contributed by atoms with Crippen LogP contribution in [0.25, 0.3) is 0 Å². The first-order chi connectivity index (χ1) is 8.27. The molecule has 0 aliphatic carbocycles.